The zero-order valence-corrected chi connectivity index (χ0v) is 15.1. The number of nitrogens with one attached hydrogen (secondary N) is 2. The Morgan fingerprint density at radius 1 is 1.31 bits per heavy atom. The lowest BCUT2D eigenvalue weighted by Gasteiger charge is -2.24. The summed E-state index contributed by atoms with van der Waals surface area (Å²) in [5.41, 5.74) is 1.17. The smallest absolute Gasteiger partial charge is 0.329 e. The molecule has 8 nitrogen and oxygen atoms in total. The number of nitrogens with zero attached hydrogens (tertiary/aromatic N) is 4. The average molecular weight is 356 g/mol. The molecule has 1 aromatic heterocycles. The second kappa shape index (κ2) is 8.09. The highest BCUT2D eigenvalue weighted by Crippen LogP contribution is 2.29. The summed E-state index contributed by atoms with van der Waals surface area (Å²) in [4.78, 5) is 21.3. The Morgan fingerprint density at radius 3 is 2.65 bits per heavy atom. The molecule has 0 radical (unpaired) electrons. The van der Waals surface area contributed by atoms with Gasteiger partial charge in [-0.2, -0.15) is 4.98 Å². The van der Waals surface area contributed by atoms with E-state index in [0.29, 0.717) is 18.3 Å². The van der Waals surface area contributed by atoms with E-state index < -0.39 is 4.92 Å². The SMILES string of the molecule is CN(C)C(CNc1ncc([N+](=O)[O-])c(NC2CC2)n1)Cc1ccccc1. The van der Waals surface area contributed by atoms with Crippen LogP contribution in [0.3, 0.4) is 0 Å². The van der Waals surface area contributed by atoms with Crippen molar-refractivity contribution >= 4 is 17.5 Å². The molecule has 26 heavy (non-hydrogen) atoms. The Bertz CT molecular complexity index is 749. The second-order valence-electron chi connectivity index (χ2n) is 6.79. The third kappa shape index (κ3) is 4.89. The van der Waals surface area contributed by atoms with Gasteiger partial charge in [-0.3, -0.25) is 10.1 Å². The first-order valence-corrected chi connectivity index (χ1v) is 8.75. The predicted molar refractivity (Wildman–Crippen MR) is 101 cm³/mol. The van der Waals surface area contributed by atoms with Gasteiger partial charge in [-0.15, -0.1) is 0 Å². The van der Waals surface area contributed by atoms with Crippen molar-refractivity contribution in [2.24, 2.45) is 0 Å². The third-order valence-corrected chi connectivity index (χ3v) is 4.42. The van der Waals surface area contributed by atoms with Crippen molar-refractivity contribution in [3.8, 4) is 0 Å². The quantitative estimate of drug-likeness (QED) is 0.526. The van der Waals surface area contributed by atoms with E-state index in [0.717, 1.165) is 19.3 Å². The molecule has 2 aromatic rings. The van der Waals surface area contributed by atoms with E-state index in [9.17, 15) is 10.1 Å². The fourth-order valence-electron chi connectivity index (χ4n) is 2.65. The van der Waals surface area contributed by atoms with Gasteiger partial charge in [0.2, 0.25) is 11.8 Å². The molecule has 138 valence electrons. The molecule has 1 aliphatic carbocycles. The topological polar surface area (TPSA) is 96.2 Å². The van der Waals surface area contributed by atoms with E-state index in [1.54, 1.807) is 0 Å². The Balaban J connectivity index is 1.67. The lowest BCUT2D eigenvalue weighted by Crippen LogP contribution is -2.36. The molecule has 1 atom stereocenters. The van der Waals surface area contributed by atoms with Crippen molar-refractivity contribution in [2.45, 2.75) is 31.3 Å². The van der Waals surface area contributed by atoms with E-state index in [-0.39, 0.29) is 17.8 Å². The molecule has 1 fully saturated rings. The van der Waals surface area contributed by atoms with Gasteiger partial charge in [0, 0.05) is 18.6 Å². The van der Waals surface area contributed by atoms with Crippen LogP contribution in [0.5, 0.6) is 0 Å². The first kappa shape index (κ1) is 18.1. The van der Waals surface area contributed by atoms with Gasteiger partial charge in [0.1, 0.15) is 6.20 Å². The summed E-state index contributed by atoms with van der Waals surface area (Å²) in [6.45, 7) is 0.641. The first-order valence-electron chi connectivity index (χ1n) is 8.75. The van der Waals surface area contributed by atoms with Gasteiger partial charge in [-0.25, -0.2) is 4.98 Å². The molecule has 0 aliphatic heterocycles. The molecule has 1 aromatic carbocycles. The summed E-state index contributed by atoms with van der Waals surface area (Å²) in [5, 5.41) is 17.5. The number of anilines is 2. The summed E-state index contributed by atoms with van der Waals surface area (Å²) < 4.78 is 0. The average Bonchev–Trinajstić information content (AvgIpc) is 3.43. The molecular formula is C18H24N6O2. The van der Waals surface area contributed by atoms with Gasteiger partial charge in [0.25, 0.3) is 0 Å². The highest BCUT2D eigenvalue weighted by atomic mass is 16.6. The van der Waals surface area contributed by atoms with Gasteiger partial charge in [0.05, 0.1) is 4.92 Å². The van der Waals surface area contributed by atoms with Crippen molar-refractivity contribution in [2.75, 3.05) is 31.3 Å². The largest absolute Gasteiger partial charge is 0.361 e. The number of likely N-dealkylation sites (N-methyl/N-ethyl adjacent to an activating group) is 1. The van der Waals surface area contributed by atoms with Gasteiger partial charge in [0.15, 0.2) is 0 Å². The number of aromatic nitrogens is 2. The highest BCUT2D eigenvalue weighted by molar-refractivity contribution is 5.58. The molecule has 0 spiro atoms. The monoisotopic (exact) mass is 356 g/mol. The molecular weight excluding hydrogens is 332 g/mol. The number of hydrogen-bond donors (Lipinski definition) is 2. The van der Waals surface area contributed by atoms with Crippen LogP contribution < -0.4 is 10.6 Å². The Kier molecular flexibility index (Phi) is 5.62. The van der Waals surface area contributed by atoms with E-state index in [4.69, 9.17) is 0 Å². The summed E-state index contributed by atoms with van der Waals surface area (Å²) in [5.74, 6) is 0.693. The van der Waals surface area contributed by atoms with Crippen LogP contribution in [0.25, 0.3) is 0 Å². The second-order valence-corrected chi connectivity index (χ2v) is 6.79. The third-order valence-electron chi connectivity index (χ3n) is 4.42. The normalized spacial score (nSPS) is 14.9. The van der Waals surface area contributed by atoms with Crippen LogP contribution in [0.15, 0.2) is 36.5 Å². The molecule has 0 bridgehead atoms. The van der Waals surface area contributed by atoms with Crippen LogP contribution in [0.4, 0.5) is 17.5 Å². The highest BCUT2D eigenvalue weighted by Gasteiger charge is 2.26. The maximum Gasteiger partial charge on any atom is 0.329 e. The fraction of sp³-hybridized carbons (Fsp3) is 0.444. The van der Waals surface area contributed by atoms with Crippen molar-refractivity contribution in [1.29, 1.82) is 0 Å². The molecule has 0 saturated heterocycles. The minimum atomic E-state index is -0.452. The number of benzene rings is 1. The van der Waals surface area contributed by atoms with E-state index in [1.165, 1.54) is 11.8 Å². The Morgan fingerprint density at radius 2 is 2.04 bits per heavy atom. The van der Waals surface area contributed by atoms with Crippen LogP contribution in [-0.2, 0) is 6.42 Å². The van der Waals surface area contributed by atoms with E-state index in [1.807, 2.05) is 32.3 Å². The standard InChI is InChI=1S/C18H24N6O2/c1-23(2)15(10-13-6-4-3-5-7-13)11-19-18-20-12-16(24(25)26)17(22-18)21-14-8-9-14/h3-7,12,14-15H,8-11H2,1-2H3,(H2,19,20,21,22). The van der Waals surface area contributed by atoms with Crippen LogP contribution in [0, 0.1) is 10.1 Å². The van der Waals surface area contributed by atoms with Crippen LogP contribution in [0.2, 0.25) is 0 Å². The number of rotatable bonds is 9. The van der Waals surface area contributed by atoms with E-state index in [2.05, 4.69) is 37.6 Å². The van der Waals surface area contributed by atoms with Gasteiger partial charge >= 0.3 is 5.69 Å². The van der Waals surface area contributed by atoms with Crippen molar-refractivity contribution in [1.82, 2.24) is 14.9 Å². The molecule has 8 heteroatoms. The molecule has 2 N–H and O–H groups in total. The lowest BCUT2D eigenvalue weighted by molar-refractivity contribution is -0.384. The minimum absolute atomic E-state index is 0.0871. The molecule has 0 amide bonds. The summed E-state index contributed by atoms with van der Waals surface area (Å²) in [7, 11) is 4.07. The van der Waals surface area contributed by atoms with Gasteiger partial charge < -0.3 is 15.5 Å². The summed E-state index contributed by atoms with van der Waals surface area (Å²) in [6.07, 6.45) is 4.19. The van der Waals surface area contributed by atoms with E-state index >= 15 is 0 Å². The fourth-order valence-corrected chi connectivity index (χ4v) is 2.65. The van der Waals surface area contributed by atoms with Crippen LogP contribution >= 0.6 is 0 Å². The maximum absolute atomic E-state index is 11.2. The minimum Gasteiger partial charge on any atom is -0.361 e. The zero-order valence-electron chi connectivity index (χ0n) is 15.1. The zero-order chi connectivity index (χ0) is 18.5. The predicted octanol–water partition coefficient (Wildman–Crippen LogP) is 2.54. The molecule has 1 saturated carbocycles. The Labute approximate surface area is 152 Å². The lowest BCUT2D eigenvalue weighted by atomic mass is 10.1. The van der Waals surface area contributed by atoms with Crippen LogP contribution in [-0.4, -0.2) is 52.5 Å². The number of hydrogen-bond acceptors (Lipinski definition) is 7. The van der Waals surface area contributed by atoms with Gasteiger partial charge in [-0.05, 0) is 38.9 Å². The van der Waals surface area contributed by atoms with Crippen LogP contribution in [0.1, 0.15) is 18.4 Å². The van der Waals surface area contributed by atoms with Crippen molar-refractivity contribution in [3.05, 3.63) is 52.2 Å². The summed E-state index contributed by atoms with van der Waals surface area (Å²) >= 11 is 0. The molecule has 1 heterocycles. The molecule has 1 unspecified atom stereocenters. The summed E-state index contributed by atoms with van der Waals surface area (Å²) in [6, 6.07) is 10.8. The Hall–Kier alpha value is -2.74. The van der Waals surface area contributed by atoms with Crippen molar-refractivity contribution < 1.29 is 4.92 Å². The first-order chi connectivity index (χ1) is 12.5. The van der Waals surface area contributed by atoms with Gasteiger partial charge in [-0.1, -0.05) is 30.3 Å². The molecule has 3 rings (SSSR count). The maximum atomic E-state index is 11.2. The number of nitro groups is 1. The van der Waals surface area contributed by atoms with Crippen molar-refractivity contribution in [3.63, 3.8) is 0 Å². The molecule has 1 aliphatic rings.